The lowest BCUT2D eigenvalue weighted by Gasteiger charge is -2.33. The van der Waals surface area contributed by atoms with Gasteiger partial charge in [-0.15, -0.1) is 0 Å². The fourth-order valence-corrected chi connectivity index (χ4v) is 3.73. The summed E-state index contributed by atoms with van der Waals surface area (Å²) in [6.45, 7) is -1.00. The molecule has 6 nitrogen and oxygen atoms in total. The molecule has 2 amide bonds. The first-order chi connectivity index (χ1) is 13.4. The summed E-state index contributed by atoms with van der Waals surface area (Å²) in [6.07, 6.45) is 3.38. The third kappa shape index (κ3) is 5.15. The number of carbonyl (C=O) groups is 2. The van der Waals surface area contributed by atoms with Gasteiger partial charge < -0.3 is 20.3 Å². The zero-order chi connectivity index (χ0) is 20.1. The van der Waals surface area contributed by atoms with Crippen molar-refractivity contribution < 1.29 is 27.5 Å². The second kappa shape index (κ2) is 9.27. The van der Waals surface area contributed by atoms with Crippen LogP contribution in [0.3, 0.4) is 0 Å². The molecule has 0 aromatic heterocycles. The molecule has 0 spiro atoms. The van der Waals surface area contributed by atoms with E-state index in [9.17, 15) is 22.8 Å². The molecular weight excluding hydrogens is 375 g/mol. The molecule has 154 valence electrons. The molecule has 2 fully saturated rings. The van der Waals surface area contributed by atoms with Crippen LogP contribution in [0, 0.1) is 11.7 Å². The van der Waals surface area contributed by atoms with Gasteiger partial charge in [0, 0.05) is 25.7 Å². The van der Waals surface area contributed by atoms with Crippen LogP contribution < -0.4 is 15.4 Å². The highest BCUT2D eigenvalue weighted by molar-refractivity contribution is 5.97. The van der Waals surface area contributed by atoms with Gasteiger partial charge in [0.2, 0.25) is 5.91 Å². The van der Waals surface area contributed by atoms with Crippen molar-refractivity contribution in [2.75, 3.05) is 26.2 Å². The number of carbonyl (C=O) groups excluding carboxylic acids is 2. The summed E-state index contributed by atoms with van der Waals surface area (Å²) >= 11 is 0. The normalized spacial score (nSPS) is 22.4. The quantitative estimate of drug-likeness (QED) is 0.769. The van der Waals surface area contributed by atoms with Gasteiger partial charge in [-0.25, -0.2) is 4.39 Å². The summed E-state index contributed by atoms with van der Waals surface area (Å²) in [5.74, 6) is -1.67. The van der Waals surface area contributed by atoms with Gasteiger partial charge in [-0.2, -0.15) is 8.78 Å². The lowest BCUT2D eigenvalue weighted by molar-refractivity contribution is -0.123. The predicted octanol–water partition coefficient (Wildman–Crippen LogP) is 2.15. The minimum Gasteiger partial charge on any atom is -0.434 e. The van der Waals surface area contributed by atoms with Gasteiger partial charge in [0.15, 0.2) is 0 Å². The van der Waals surface area contributed by atoms with Gasteiger partial charge in [-0.1, -0.05) is 0 Å². The first-order valence-corrected chi connectivity index (χ1v) is 9.49. The third-order valence-corrected chi connectivity index (χ3v) is 5.14. The molecule has 0 bridgehead atoms. The van der Waals surface area contributed by atoms with Gasteiger partial charge >= 0.3 is 6.61 Å². The molecule has 0 radical (unpaired) electrons. The number of likely N-dealkylation sites (tertiary alicyclic amines) is 1. The molecule has 0 aliphatic carbocycles. The highest BCUT2D eigenvalue weighted by Gasteiger charge is 2.28. The molecule has 2 N–H and O–H groups in total. The summed E-state index contributed by atoms with van der Waals surface area (Å²) < 4.78 is 42.9. The van der Waals surface area contributed by atoms with Crippen molar-refractivity contribution in [1.29, 1.82) is 0 Å². The zero-order valence-electron chi connectivity index (χ0n) is 15.4. The maximum Gasteiger partial charge on any atom is 0.387 e. The fraction of sp³-hybridized carbons (Fsp3) is 0.579. The first kappa shape index (κ1) is 20.4. The molecule has 1 aromatic carbocycles. The van der Waals surface area contributed by atoms with E-state index in [-0.39, 0.29) is 23.4 Å². The highest BCUT2D eigenvalue weighted by Crippen LogP contribution is 2.26. The van der Waals surface area contributed by atoms with Crippen LogP contribution in [-0.4, -0.2) is 55.5 Å². The smallest absolute Gasteiger partial charge is 0.387 e. The number of amides is 2. The van der Waals surface area contributed by atoms with Crippen molar-refractivity contribution in [3.05, 3.63) is 29.6 Å². The molecule has 1 aromatic rings. The summed E-state index contributed by atoms with van der Waals surface area (Å²) in [5, 5.41) is 6.06. The third-order valence-electron chi connectivity index (χ3n) is 5.14. The maximum atomic E-state index is 13.4. The number of nitrogens with one attached hydrogen (secondary N) is 2. The Hall–Kier alpha value is -2.29. The van der Waals surface area contributed by atoms with Crippen molar-refractivity contribution in [1.82, 2.24) is 15.5 Å². The van der Waals surface area contributed by atoms with Crippen molar-refractivity contribution >= 4 is 11.8 Å². The first-order valence-electron chi connectivity index (χ1n) is 9.49. The molecule has 0 saturated carbocycles. The van der Waals surface area contributed by atoms with E-state index in [0.29, 0.717) is 19.6 Å². The number of halogens is 3. The van der Waals surface area contributed by atoms with E-state index in [1.807, 2.05) is 0 Å². The summed E-state index contributed by atoms with van der Waals surface area (Å²) in [5.41, 5.74) is -0.0958. The van der Waals surface area contributed by atoms with E-state index in [4.69, 9.17) is 0 Å². The van der Waals surface area contributed by atoms with Gasteiger partial charge in [0.25, 0.3) is 5.91 Å². The second-order valence-electron chi connectivity index (χ2n) is 7.17. The minimum atomic E-state index is -3.15. The summed E-state index contributed by atoms with van der Waals surface area (Å²) in [7, 11) is 0. The fourth-order valence-electron chi connectivity index (χ4n) is 3.73. The van der Waals surface area contributed by atoms with Crippen LogP contribution in [0.5, 0.6) is 5.75 Å². The van der Waals surface area contributed by atoms with Crippen molar-refractivity contribution in [3.63, 3.8) is 0 Å². The number of benzene rings is 1. The standard InChI is InChI=1S/C19H24F3N3O3/c20-13-5-6-14(16(9-13)28-19(21)22)18(27)25-8-2-3-12(11-25)10-24-17(26)15-4-1-7-23-15/h5-6,9,12,15,19,23H,1-4,7-8,10-11H2,(H,24,26). The van der Waals surface area contributed by atoms with Gasteiger partial charge in [-0.05, 0) is 50.3 Å². The van der Waals surface area contributed by atoms with Crippen molar-refractivity contribution in [2.45, 2.75) is 38.3 Å². The molecule has 2 aliphatic heterocycles. The molecule has 2 unspecified atom stereocenters. The number of nitrogens with zero attached hydrogens (tertiary/aromatic N) is 1. The second-order valence-corrected chi connectivity index (χ2v) is 7.17. The van der Waals surface area contributed by atoms with Crippen LogP contribution in [0.15, 0.2) is 18.2 Å². The Morgan fingerprint density at radius 2 is 2.11 bits per heavy atom. The van der Waals surface area contributed by atoms with Crippen molar-refractivity contribution in [2.24, 2.45) is 5.92 Å². The molecule has 2 aliphatic rings. The summed E-state index contributed by atoms with van der Waals surface area (Å²) in [6, 6.07) is 2.83. The van der Waals surface area contributed by atoms with Gasteiger partial charge in [0.05, 0.1) is 11.6 Å². The Morgan fingerprint density at radius 3 is 2.82 bits per heavy atom. The van der Waals surface area contributed by atoms with Crippen LogP contribution in [0.1, 0.15) is 36.0 Å². The Labute approximate surface area is 161 Å². The maximum absolute atomic E-state index is 13.4. The lowest BCUT2D eigenvalue weighted by Crippen LogP contribution is -2.46. The number of hydrogen-bond donors (Lipinski definition) is 2. The van der Waals surface area contributed by atoms with E-state index in [2.05, 4.69) is 15.4 Å². The average Bonchev–Trinajstić information content (AvgIpc) is 3.20. The zero-order valence-corrected chi connectivity index (χ0v) is 15.4. The Morgan fingerprint density at radius 1 is 1.29 bits per heavy atom. The lowest BCUT2D eigenvalue weighted by atomic mass is 9.97. The molecular formula is C19H24F3N3O3. The van der Waals surface area contributed by atoms with Crippen LogP contribution in [0.2, 0.25) is 0 Å². The highest BCUT2D eigenvalue weighted by atomic mass is 19.3. The SMILES string of the molecule is O=C(NCC1CCCN(C(=O)c2ccc(F)cc2OC(F)F)C1)C1CCCN1. The molecule has 2 atom stereocenters. The molecule has 28 heavy (non-hydrogen) atoms. The molecule has 2 saturated heterocycles. The van der Waals surface area contributed by atoms with E-state index in [0.717, 1.165) is 50.4 Å². The van der Waals surface area contributed by atoms with E-state index in [1.54, 1.807) is 4.90 Å². The van der Waals surface area contributed by atoms with Crippen LogP contribution in [0.4, 0.5) is 13.2 Å². The minimum absolute atomic E-state index is 0.0351. The monoisotopic (exact) mass is 399 g/mol. The van der Waals surface area contributed by atoms with Gasteiger partial charge in [-0.3, -0.25) is 9.59 Å². The van der Waals surface area contributed by atoms with E-state index < -0.39 is 24.1 Å². The molecule has 2 heterocycles. The van der Waals surface area contributed by atoms with Crippen LogP contribution >= 0.6 is 0 Å². The Bertz CT molecular complexity index is 711. The largest absolute Gasteiger partial charge is 0.434 e. The Balaban J connectivity index is 1.60. The molecule has 3 rings (SSSR count). The van der Waals surface area contributed by atoms with Crippen molar-refractivity contribution in [3.8, 4) is 5.75 Å². The Kier molecular flexibility index (Phi) is 6.77. The van der Waals surface area contributed by atoms with E-state index >= 15 is 0 Å². The molecule has 9 heteroatoms. The number of rotatable bonds is 6. The number of piperidine rings is 1. The summed E-state index contributed by atoms with van der Waals surface area (Å²) in [4.78, 5) is 26.5. The topological polar surface area (TPSA) is 70.7 Å². The number of alkyl halides is 2. The van der Waals surface area contributed by atoms with Crippen LogP contribution in [-0.2, 0) is 4.79 Å². The van der Waals surface area contributed by atoms with Gasteiger partial charge in [0.1, 0.15) is 11.6 Å². The average molecular weight is 399 g/mol. The number of ether oxygens (including phenoxy) is 1. The van der Waals surface area contributed by atoms with Crippen LogP contribution in [0.25, 0.3) is 0 Å². The number of hydrogen-bond acceptors (Lipinski definition) is 4. The van der Waals surface area contributed by atoms with E-state index in [1.165, 1.54) is 0 Å². The predicted molar refractivity (Wildman–Crippen MR) is 95.7 cm³/mol.